The molecule has 0 fully saturated rings. The monoisotopic (exact) mass is 505 g/mol. The Hall–Kier alpha value is -5.23. The molecule has 0 bridgehead atoms. The van der Waals surface area contributed by atoms with Gasteiger partial charge in [-0.15, -0.1) is 0 Å². The maximum Gasteiger partial charge on any atom is 0.271 e. The predicted molar refractivity (Wildman–Crippen MR) is 148 cm³/mol. The van der Waals surface area contributed by atoms with E-state index < -0.39 is 5.91 Å². The largest absolute Gasteiger partial charge is 0.382 e. The number of para-hydroxylation sites is 1. The maximum absolute atomic E-state index is 13.4. The average molecular weight is 506 g/mol. The van der Waals surface area contributed by atoms with Gasteiger partial charge in [-0.05, 0) is 43.0 Å². The van der Waals surface area contributed by atoms with E-state index in [1.807, 2.05) is 61.8 Å². The van der Waals surface area contributed by atoms with Crippen LogP contribution >= 0.6 is 0 Å². The number of pyridine rings is 1. The summed E-state index contributed by atoms with van der Waals surface area (Å²) in [6.07, 6.45) is 5.78. The molecule has 0 saturated carbocycles. The van der Waals surface area contributed by atoms with Gasteiger partial charge in [0, 0.05) is 36.4 Å². The third kappa shape index (κ3) is 5.60. The molecular weight excluding hydrogens is 478 g/mol. The molecular formula is C29H27N7O2. The molecule has 1 amide bonds. The number of anilines is 1. The van der Waals surface area contributed by atoms with Crippen LogP contribution in [0.5, 0.6) is 0 Å². The minimum Gasteiger partial charge on any atom is -0.382 e. The number of aryl methyl sites for hydroxylation is 3. The van der Waals surface area contributed by atoms with E-state index in [1.54, 1.807) is 22.4 Å². The summed E-state index contributed by atoms with van der Waals surface area (Å²) in [5, 5.41) is 5.70. The first-order valence-electron chi connectivity index (χ1n) is 11.9. The molecule has 0 aliphatic carbocycles. The fourth-order valence-electron chi connectivity index (χ4n) is 3.95. The molecule has 0 aliphatic rings. The highest BCUT2D eigenvalue weighted by molar-refractivity contribution is 5.94. The van der Waals surface area contributed by atoms with Crippen molar-refractivity contribution < 1.29 is 4.79 Å². The van der Waals surface area contributed by atoms with Crippen molar-refractivity contribution in [3.8, 4) is 17.5 Å². The first kappa shape index (κ1) is 25.9. The molecule has 38 heavy (non-hydrogen) atoms. The van der Waals surface area contributed by atoms with E-state index in [9.17, 15) is 9.59 Å². The van der Waals surface area contributed by atoms with E-state index >= 15 is 0 Å². The van der Waals surface area contributed by atoms with Gasteiger partial charge in [-0.2, -0.15) is 5.10 Å². The third-order valence-electron chi connectivity index (χ3n) is 5.70. The zero-order valence-electron chi connectivity index (χ0n) is 21.3. The molecule has 5 rings (SSSR count). The van der Waals surface area contributed by atoms with Gasteiger partial charge in [0.25, 0.3) is 11.5 Å². The van der Waals surface area contributed by atoms with Crippen molar-refractivity contribution in [1.82, 2.24) is 24.3 Å². The molecule has 9 heteroatoms. The molecule has 0 atom stereocenters. The van der Waals surface area contributed by atoms with Crippen LogP contribution in [-0.2, 0) is 13.5 Å². The second kappa shape index (κ2) is 11.2. The topological polar surface area (TPSA) is 135 Å². The lowest BCUT2D eigenvalue weighted by Gasteiger charge is -2.14. The fraction of sp³-hybridized carbons (Fsp3) is 0.138. The summed E-state index contributed by atoms with van der Waals surface area (Å²) in [5.74, 6) is 5.69. The van der Waals surface area contributed by atoms with Crippen LogP contribution in [0.25, 0.3) is 16.5 Å². The van der Waals surface area contributed by atoms with E-state index in [1.165, 1.54) is 6.20 Å². The smallest absolute Gasteiger partial charge is 0.271 e. The van der Waals surface area contributed by atoms with Crippen LogP contribution in [0, 0.1) is 18.8 Å². The van der Waals surface area contributed by atoms with Crippen molar-refractivity contribution in [2.24, 2.45) is 12.8 Å². The summed E-state index contributed by atoms with van der Waals surface area (Å²) in [6.45, 7) is 3.79. The fourth-order valence-corrected chi connectivity index (χ4v) is 3.95. The number of amides is 1. The SMILES string of the molecule is CCc1cc2cccc(C#Cc3cnn(C)c3)c2c(=O)n1-c1ccccc1.Cc1cnc(C(N)=O)c(N)n1. The summed E-state index contributed by atoms with van der Waals surface area (Å²) in [5.41, 5.74) is 14.3. The van der Waals surface area contributed by atoms with Crippen molar-refractivity contribution >= 4 is 22.5 Å². The van der Waals surface area contributed by atoms with Gasteiger partial charge in [-0.1, -0.05) is 49.1 Å². The summed E-state index contributed by atoms with van der Waals surface area (Å²) in [7, 11) is 1.86. The van der Waals surface area contributed by atoms with E-state index in [4.69, 9.17) is 11.5 Å². The van der Waals surface area contributed by atoms with Crippen LogP contribution in [-0.4, -0.2) is 30.2 Å². The van der Waals surface area contributed by atoms with Crippen molar-refractivity contribution in [2.75, 3.05) is 5.73 Å². The van der Waals surface area contributed by atoms with Crippen LogP contribution in [0.3, 0.4) is 0 Å². The van der Waals surface area contributed by atoms with Gasteiger partial charge < -0.3 is 11.5 Å². The summed E-state index contributed by atoms with van der Waals surface area (Å²) in [6, 6.07) is 17.6. The van der Waals surface area contributed by atoms with Crippen LogP contribution in [0.1, 0.15) is 39.9 Å². The van der Waals surface area contributed by atoms with Gasteiger partial charge >= 0.3 is 0 Å². The minimum absolute atomic E-state index is 0.0237. The molecule has 0 aliphatic heterocycles. The number of rotatable bonds is 3. The normalized spacial score (nSPS) is 10.3. The highest BCUT2D eigenvalue weighted by atomic mass is 16.1. The van der Waals surface area contributed by atoms with Gasteiger partial charge in [0.05, 0.1) is 22.8 Å². The first-order valence-corrected chi connectivity index (χ1v) is 11.9. The van der Waals surface area contributed by atoms with E-state index in [2.05, 4.69) is 39.9 Å². The number of primary amides is 1. The Balaban J connectivity index is 0.000000257. The molecule has 0 saturated heterocycles. The number of nitrogens with two attached hydrogens (primary N) is 2. The Morgan fingerprint density at radius 2 is 1.82 bits per heavy atom. The maximum atomic E-state index is 13.4. The molecule has 190 valence electrons. The molecule has 4 N–H and O–H groups in total. The molecule has 0 spiro atoms. The Bertz CT molecular complexity index is 1740. The lowest BCUT2D eigenvalue weighted by atomic mass is 10.0. The van der Waals surface area contributed by atoms with Crippen molar-refractivity contribution in [2.45, 2.75) is 20.3 Å². The van der Waals surface area contributed by atoms with E-state index in [-0.39, 0.29) is 17.1 Å². The summed E-state index contributed by atoms with van der Waals surface area (Å²) in [4.78, 5) is 31.5. The number of carbonyl (C=O) groups is 1. The molecule has 0 radical (unpaired) electrons. The summed E-state index contributed by atoms with van der Waals surface area (Å²) >= 11 is 0. The lowest BCUT2D eigenvalue weighted by Crippen LogP contribution is -2.22. The number of carbonyl (C=O) groups excluding carboxylic acids is 1. The number of benzene rings is 2. The quantitative estimate of drug-likeness (QED) is 0.362. The molecule has 3 heterocycles. The van der Waals surface area contributed by atoms with Gasteiger partial charge in [0.2, 0.25) is 0 Å². The summed E-state index contributed by atoms with van der Waals surface area (Å²) < 4.78 is 3.50. The van der Waals surface area contributed by atoms with E-state index in [0.717, 1.165) is 34.3 Å². The third-order valence-corrected chi connectivity index (χ3v) is 5.70. The highest BCUT2D eigenvalue weighted by Gasteiger charge is 2.12. The Morgan fingerprint density at radius 1 is 1.05 bits per heavy atom. The van der Waals surface area contributed by atoms with Crippen molar-refractivity contribution in [3.05, 3.63) is 112 Å². The van der Waals surface area contributed by atoms with Gasteiger partial charge in [0.1, 0.15) is 0 Å². The van der Waals surface area contributed by atoms with Crippen LogP contribution in [0.2, 0.25) is 0 Å². The Morgan fingerprint density at radius 3 is 2.45 bits per heavy atom. The number of fused-ring (bicyclic) bond motifs is 1. The first-order chi connectivity index (χ1) is 18.3. The van der Waals surface area contributed by atoms with Crippen molar-refractivity contribution in [1.29, 1.82) is 0 Å². The predicted octanol–water partition coefficient (Wildman–Crippen LogP) is 3.15. The lowest BCUT2D eigenvalue weighted by molar-refractivity contribution is 0.0996. The zero-order chi connectivity index (χ0) is 27.2. The molecule has 9 nitrogen and oxygen atoms in total. The second-order valence-corrected chi connectivity index (χ2v) is 8.50. The standard InChI is InChI=1S/C23H19N3O.C6H8N4O/c1-3-20-14-19-9-7-8-18(13-12-17-15-24-25(2)16-17)22(19)23(27)26(20)21-10-5-4-6-11-21;1-3-2-9-4(6(8)11)5(7)10-3/h4-11,14-16H,3H2,1-2H3;2H,1H3,(H2,7,10)(H2,8,11). The van der Waals surface area contributed by atoms with Gasteiger partial charge in [0.15, 0.2) is 11.5 Å². The van der Waals surface area contributed by atoms with Crippen LogP contribution in [0.4, 0.5) is 5.82 Å². The number of nitrogen functional groups attached to an aromatic ring is 1. The highest BCUT2D eigenvalue weighted by Crippen LogP contribution is 2.19. The number of aromatic nitrogens is 5. The number of nitrogens with zero attached hydrogens (tertiary/aromatic N) is 5. The van der Waals surface area contributed by atoms with Crippen LogP contribution < -0.4 is 17.0 Å². The molecule has 5 aromatic rings. The van der Waals surface area contributed by atoms with Crippen LogP contribution in [0.15, 0.2) is 78.0 Å². The molecule has 3 aromatic heterocycles. The van der Waals surface area contributed by atoms with Gasteiger partial charge in [-0.25, -0.2) is 9.97 Å². The number of hydrogen-bond acceptors (Lipinski definition) is 6. The Labute approximate surface area is 219 Å². The van der Waals surface area contributed by atoms with Crippen molar-refractivity contribution in [3.63, 3.8) is 0 Å². The molecule has 0 unspecified atom stereocenters. The van der Waals surface area contributed by atoms with Gasteiger partial charge in [-0.3, -0.25) is 18.8 Å². The zero-order valence-corrected chi connectivity index (χ0v) is 21.3. The minimum atomic E-state index is -0.657. The average Bonchev–Trinajstić information content (AvgIpc) is 3.32. The van der Waals surface area contributed by atoms with E-state index in [0.29, 0.717) is 11.1 Å². The number of hydrogen-bond donors (Lipinski definition) is 2. The molecule has 2 aromatic carbocycles. The second-order valence-electron chi connectivity index (χ2n) is 8.50. The Kier molecular flexibility index (Phi) is 7.63.